The highest BCUT2D eigenvalue weighted by molar-refractivity contribution is 7.18. The fraction of sp³-hybridized carbons (Fsp3) is 0.344. The van der Waals surface area contributed by atoms with Crippen LogP contribution in [0.2, 0.25) is 5.15 Å². The van der Waals surface area contributed by atoms with Crippen LogP contribution in [-0.2, 0) is 16.6 Å². The molecule has 1 amide bonds. The number of likely N-dealkylation sites (tertiary alicyclic amines) is 1. The van der Waals surface area contributed by atoms with Gasteiger partial charge in [0.1, 0.15) is 5.15 Å². The quantitative estimate of drug-likeness (QED) is 0.240. The summed E-state index contributed by atoms with van der Waals surface area (Å²) in [5, 5.41) is 1.54. The number of carbonyl (C=O) groups is 1. The second-order valence-electron chi connectivity index (χ2n) is 10.9. The fourth-order valence-electron chi connectivity index (χ4n) is 6.10. The van der Waals surface area contributed by atoms with Crippen molar-refractivity contribution in [2.75, 3.05) is 31.1 Å². The minimum absolute atomic E-state index is 0.0534. The van der Waals surface area contributed by atoms with Crippen LogP contribution in [0.5, 0.6) is 0 Å². The highest BCUT2D eigenvalue weighted by Crippen LogP contribution is 2.50. The lowest BCUT2D eigenvalue weighted by Gasteiger charge is -2.39. The first kappa shape index (κ1) is 26.2. The van der Waals surface area contributed by atoms with Gasteiger partial charge in [0, 0.05) is 42.4 Å². The summed E-state index contributed by atoms with van der Waals surface area (Å²) >= 11 is 7.81. The Kier molecular flexibility index (Phi) is 7.27. The molecule has 2 aliphatic heterocycles. The molecule has 0 unspecified atom stereocenters. The number of rotatable bonds is 6. The van der Waals surface area contributed by atoms with Crippen LogP contribution >= 0.6 is 22.9 Å². The Morgan fingerprint density at radius 1 is 1.10 bits per heavy atom. The first-order valence-electron chi connectivity index (χ1n) is 13.7. The molecule has 0 atom stereocenters. The molecule has 1 fully saturated rings. The standard InChI is InChI=1S/C32H33ClN4OS/c1-22-5-7-24(8-6-22)4-3-17-36-18-14-32(15-19-36)21-37(29(38)12-9-25-13-16-34-28(33)20-25)26-10-11-27-31(30(26)32)35-23(2)39-27/h3-8,10-11,13,16,20H,9,12,14-15,17-19,21H2,1-2H3/b4-3+. The van der Waals surface area contributed by atoms with Gasteiger partial charge in [0.25, 0.3) is 0 Å². The Balaban J connectivity index is 1.20. The number of hydrogen-bond acceptors (Lipinski definition) is 5. The van der Waals surface area contributed by atoms with Gasteiger partial charge in [0.2, 0.25) is 5.91 Å². The van der Waals surface area contributed by atoms with Crippen LogP contribution in [-0.4, -0.2) is 47.0 Å². The van der Waals surface area contributed by atoms with Crippen molar-refractivity contribution in [3.63, 3.8) is 0 Å². The van der Waals surface area contributed by atoms with Crippen LogP contribution in [0.15, 0.2) is 60.8 Å². The molecule has 2 aromatic heterocycles. The maximum absolute atomic E-state index is 13.6. The van der Waals surface area contributed by atoms with E-state index < -0.39 is 0 Å². The van der Waals surface area contributed by atoms with E-state index in [0.717, 1.165) is 60.8 Å². The summed E-state index contributed by atoms with van der Waals surface area (Å²) < 4.78 is 1.22. The number of thiazole rings is 1. The van der Waals surface area contributed by atoms with Crippen LogP contribution in [0.1, 0.15) is 46.5 Å². The third kappa shape index (κ3) is 5.38. The van der Waals surface area contributed by atoms with Gasteiger partial charge in [-0.1, -0.05) is 53.6 Å². The third-order valence-corrected chi connectivity index (χ3v) is 9.35. The number of aromatic nitrogens is 2. The number of nitrogens with zero attached hydrogens (tertiary/aromatic N) is 4. The average molecular weight is 557 g/mol. The van der Waals surface area contributed by atoms with Crippen LogP contribution in [0, 0.1) is 13.8 Å². The number of halogens is 1. The molecular formula is C32H33ClN4OS. The Morgan fingerprint density at radius 2 is 1.90 bits per heavy atom. The summed E-state index contributed by atoms with van der Waals surface area (Å²) in [4.78, 5) is 27.2. The molecule has 1 saturated heterocycles. The van der Waals surface area contributed by atoms with E-state index in [1.54, 1.807) is 17.5 Å². The van der Waals surface area contributed by atoms with E-state index in [2.05, 4.69) is 72.3 Å². The topological polar surface area (TPSA) is 49.3 Å². The maximum Gasteiger partial charge on any atom is 0.227 e. The molecule has 4 aromatic rings. The summed E-state index contributed by atoms with van der Waals surface area (Å²) in [7, 11) is 0. The van der Waals surface area contributed by atoms with Crippen molar-refractivity contribution in [2.45, 2.75) is 44.9 Å². The lowest BCUT2D eigenvalue weighted by molar-refractivity contribution is -0.118. The molecular weight excluding hydrogens is 524 g/mol. The van der Waals surface area contributed by atoms with Gasteiger partial charge < -0.3 is 4.90 Å². The molecule has 5 nitrogen and oxygen atoms in total. The van der Waals surface area contributed by atoms with Crippen LogP contribution in [0.3, 0.4) is 0 Å². The molecule has 0 aliphatic carbocycles. The minimum Gasteiger partial charge on any atom is -0.311 e. The predicted octanol–water partition coefficient (Wildman–Crippen LogP) is 6.99. The van der Waals surface area contributed by atoms with Crippen molar-refractivity contribution in [3.8, 4) is 0 Å². The van der Waals surface area contributed by atoms with E-state index >= 15 is 0 Å². The summed E-state index contributed by atoms with van der Waals surface area (Å²) in [5.74, 6) is 0.163. The lowest BCUT2D eigenvalue weighted by Crippen LogP contribution is -2.46. The number of hydrogen-bond donors (Lipinski definition) is 0. The molecule has 2 aromatic carbocycles. The Labute approximate surface area is 239 Å². The molecule has 4 heterocycles. The monoisotopic (exact) mass is 556 g/mol. The van der Waals surface area contributed by atoms with Gasteiger partial charge in [0.15, 0.2) is 0 Å². The van der Waals surface area contributed by atoms with E-state index in [0.29, 0.717) is 18.0 Å². The van der Waals surface area contributed by atoms with E-state index in [1.165, 1.54) is 21.4 Å². The van der Waals surface area contributed by atoms with Gasteiger partial charge in [0.05, 0.1) is 15.2 Å². The molecule has 1 spiro atoms. The second kappa shape index (κ2) is 10.8. The van der Waals surface area contributed by atoms with E-state index in [-0.39, 0.29) is 11.3 Å². The average Bonchev–Trinajstić information content (AvgIpc) is 3.47. The Morgan fingerprint density at radius 3 is 2.67 bits per heavy atom. The zero-order valence-electron chi connectivity index (χ0n) is 22.5. The maximum atomic E-state index is 13.6. The highest BCUT2D eigenvalue weighted by Gasteiger charge is 2.47. The third-order valence-electron chi connectivity index (χ3n) is 8.21. The van der Waals surface area contributed by atoms with E-state index in [1.807, 2.05) is 17.0 Å². The Hall–Kier alpha value is -3.06. The SMILES string of the molecule is Cc1ccc(/C=C/CN2CCC3(CC2)CN(C(=O)CCc2ccnc(Cl)c2)c2ccc4sc(C)nc4c23)cc1. The number of benzene rings is 2. The number of carbonyl (C=O) groups excluding carboxylic acids is 1. The van der Waals surface area contributed by atoms with Gasteiger partial charge in [-0.15, -0.1) is 11.3 Å². The summed E-state index contributed by atoms with van der Waals surface area (Å²) in [6, 6.07) is 16.7. The molecule has 2 aliphatic rings. The number of anilines is 1. The summed E-state index contributed by atoms with van der Waals surface area (Å²) in [6.07, 6.45) is 9.34. The number of pyridine rings is 1. The molecule has 7 heteroatoms. The van der Waals surface area contributed by atoms with Crippen molar-refractivity contribution in [2.24, 2.45) is 0 Å². The fourth-order valence-corrected chi connectivity index (χ4v) is 7.13. The van der Waals surface area contributed by atoms with Gasteiger partial charge in [-0.05, 0) is 81.6 Å². The number of piperidine rings is 1. The van der Waals surface area contributed by atoms with Crippen LogP contribution < -0.4 is 4.90 Å². The minimum atomic E-state index is -0.0534. The summed E-state index contributed by atoms with van der Waals surface area (Å²) in [6.45, 7) is 7.88. The molecule has 39 heavy (non-hydrogen) atoms. The molecule has 0 N–H and O–H groups in total. The number of aryl methyl sites for hydroxylation is 3. The van der Waals surface area contributed by atoms with E-state index in [4.69, 9.17) is 16.6 Å². The molecule has 200 valence electrons. The normalized spacial score (nSPS) is 16.9. The zero-order chi connectivity index (χ0) is 27.0. The first-order chi connectivity index (χ1) is 18.9. The molecule has 0 bridgehead atoms. The van der Waals surface area contributed by atoms with Gasteiger partial charge in [-0.2, -0.15) is 0 Å². The smallest absolute Gasteiger partial charge is 0.227 e. The number of fused-ring (bicyclic) bond motifs is 4. The number of amides is 1. The Bertz CT molecular complexity index is 1540. The largest absolute Gasteiger partial charge is 0.311 e. The van der Waals surface area contributed by atoms with Crippen LogP contribution in [0.4, 0.5) is 5.69 Å². The molecule has 0 radical (unpaired) electrons. The van der Waals surface area contributed by atoms with Crippen molar-refractivity contribution in [3.05, 3.63) is 93.2 Å². The van der Waals surface area contributed by atoms with Crippen molar-refractivity contribution in [1.29, 1.82) is 0 Å². The molecule has 6 rings (SSSR count). The second-order valence-corrected chi connectivity index (χ2v) is 12.5. The van der Waals surface area contributed by atoms with E-state index in [9.17, 15) is 4.79 Å². The van der Waals surface area contributed by atoms with Gasteiger partial charge >= 0.3 is 0 Å². The first-order valence-corrected chi connectivity index (χ1v) is 14.9. The lowest BCUT2D eigenvalue weighted by atomic mass is 9.74. The van der Waals surface area contributed by atoms with Crippen molar-refractivity contribution < 1.29 is 4.79 Å². The van der Waals surface area contributed by atoms with Gasteiger partial charge in [-0.3, -0.25) is 9.69 Å². The van der Waals surface area contributed by atoms with Gasteiger partial charge in [-0.25, -0.2) is 9.97 Å². The zero-order valence-corrected chi connectivity index (χ0v) is 24.1. The van der Waals surface area contributed by atoms with Crippen molar-refractivity contribution in [1.82, 2.24) is 14.9 Å². The predicted molar refractivity (Wildman–Crippen MR) is 162 cm³/mol. The summed E-state index contributed by atoms with van der Waals surface area (Å²) in [5.41, 5.74) is 6.95. The van der Waals surface area contributed by atoms with Crippen LogP contribution in [0.25, 0.3) is 16.3 Å². The van der Waals surface area contributed by atoms with Crippen molar-refractivity contribution >= 4 is 50.8 Å². The highest BCUT2D eigenvalue weighted by atomic mass is 35.5. The molecule has 0 saturated carbocycles.